The summed E-state index contributed by atoms with van der Waals surface area (Å²) in [5.41, 5.74) is 3.32. The maximum absolute atomic E-state index is 5.38. The number of rotatable bonds is 3. The Morgan fingerprint density at radius 1 is 1.53 bits per heavy atom. The fourth-order valence-electron chi connectivity index (χ4n) is 1.79. The molecule has 1 fully saturated rings. The molecule has 84 valence electrons. The van der Waals surface area contributed by atoms with Gasteiger partial charge in [0.1, 0.15) is 0 Å². The van der Waals surface area contributed by atoms with E-state index in [-0.39, 0.29) is 5.54 Å². The summed E-state index contributed by atoms with van der Waals surface area (Å²) < 4.78 is 5.38. The van der Waals surface area contributed by atoms with Crippen LogP contribution < -0.4 is 5.32 Å². The Morgan fingerprint density at radius 2 is 2.27 bits per heavy atom. The monoisotopic (exact) mass is 226 g/mol. The number of thiazole rings is 1. The summed E-state index contributed by atoms with van der Waals surface area (Å²) >= 11 is 1.73. The highest BCUT2D eigenvalue weighted by atomic mass is 32.1. The molecule has 1 N–H and O–H groups in total. The minimum Gasteiger partial charge on any atom is -0.381 e. The number of hydrogen-bond donors (Lipinski definition) is 1. The lowest BCUT2D eigenvalue weighted by atomic mass is 9.92. The molecule has 0 saturated carbocycles. The van der Waals surface area contributed by atoms with Gasteiger partial charge in [-0.25, -0.2) is 4.98 Å². The van der Waals surface area contributed by atoms with Crippen LogP contribution in [0.5, 0.6) is 0 Å². The van der Waals surface area contributed by atoms with Crippen molar-refractivity contribution in [2.24, 2.45) is 0 Å². The van der Waals surface area contributed by atoms with E-state index in [9.17, 15) is 0 Å². The Kier molecular flexibility index (Phi) is 3.38. The molecule has 0 atom stereocenters. The number of aryl methyl sites for hydroxylation is 1. The summed E-state index contributed by atoms with van der Waals surface area (Å²) in [6, 6.07) is 0. The third-order valence-electron chi connectivity index (χ3n) is 3.12. The van der Waals surface area contributed by atoms with Crippen LogP contribution in [-0.2, 0) is 11.3 Å². The van der Waals surface area contributed by atoms with E-state index in [1.807, 2.05) is 5.51 Å². The highest BCUT2D eigenvalue weighted by Crippen LogP contribution is 2.21. The minimum absolute atomic E-state index is 0.245. The molecule has 1 aromatic heterocycles. The first kappa shape index (κ1) is 11.0. The van der Waals surface area contributed by atoms with Crippen molar-refractivity contribution in [2.45, 2.75) is 38.8 Å². The van der Waals surface area contributed by atoms with Gasteiger partial charge >= 0.3 is 0 Å². The SMILES string of the molecule is Cc1ncsc1CNC1(C)CCOCC1. The highest BCUT2D eigenvalue weighted by Gasteiger charge is 2.26. The largest absolute Gasteiger partial charge is 0.381 e. The molecule has 1 saturated heterocycles. The molecule has 0 amide bonds. The zero-order valence-electron chi connectivity index (χ0n) is 9.38. The quantitative estimate of drug-likeness (QED) is 0.857. The fourth-order valence-corrected chi connectivity index (χ4v) is 2.51. The molecule has 1 aliphatic heterocycles. The van der Waals surface area contributed by atoms with E-state index in [0.717, 1.165) is 38.3 Å². The van der Waals surface area contributed by atoms with Crippen molar-refractivity contribution in [1.29, 1.82) is 0 Å². The Morgan fingerprint density at radius 3 is 2.87 bits per heavy atom. The smallest absolute Gasteiger partial charge is 0.0798 e. The summed E-state index contributed by atoms with van der Waals surface area (Å²) in [7, 11) is 0. The van der Waals surface area contributed by atoms with Gasteiger partial charge in [0, 0.05) is 30.2 Å². The summed E-state index contributed by atoms with van der Waals surface area (Å²) in [4.78, 5) is 5.61. The summed E-state index contributed by atoms with van der Waals surface area (Å²) in [6.45, 7) is 7.05. The van der Waals surface area contributed by atoms with E-state index >= 15 is 0 Å². The van der Waals surface area contributed by atoms with Crippen molar-refractivity contribution in [3.63, 3.8) is 0 Å². The van der Waals surface area contributed by atoms with Crippen LogP contribution in [0.2, 0.25) is 0 Å². The van der Waals surface area contributed by atoms with Gasteiger partial charge in [-0.3, -0.25) is 0 Å². The average molecular weight is 226 g/mol. The van der Waals surface area contributed by atoms with Gasteiger partial charge < -0.3 is 10.1 Å². The van der Waals surface area contributed by atoms with E-state index in [0.29, 0.717) is 0 Å². The number of hydrogen-bond acceptors (Lipinski definition) is 4. The fraction of sp³-hybridized carbons (Fsp3) is 0.727. The van der Waals surface area contributed by atoms with Crippen molar-refractivity contribution in [3.05, 3.63) is 16.1 Å². The molecule has 0 aromatic carbocycles. The number of aromatic nitrogens is 1. The predicted molar refractivity (Wildman–Crippen MR) is 62.1 cm³/mol. The van der Waals surface area contributed by atoms with Crippen LogP contribution in [0.4, 0.5) is 0 Å². The lowest BCUT2D eigenvalue weighted by Crippen LogP contribution is -2.46. The lowest BCUT2D eigenvalue weighted by molar-refractivity contribution is 0.0447. The van der Waals surface area contributed by atoms with E-state index in [1.165, 1.54) is 4.88 Å². The highest BCUT2D eigenvalue weighted by molar-refractivity contribution is 7.09. The number of nitrogens with zero attached hydrogens (tertiary/aromatic N) is 1. The van der Waals surface area contributed by atoms with Crippen molar-refractivity contribution in [3.8, 4) is 0 Å². The van der Waals surface area contributed by atoms with Crippen LogP contribution in [0, 0.1) is 6.92 Å². The van der Waals surface area contributed by atoms with Crippen LogP contribution in [-0.4, -0.2) is 23.7 Å². The summed E-state index contributed by atoms with van der Waals surface area (Å²) in [5, 5.41) is 3.63. The van der Waals surface area contributed by atoms with E-state index in [4.69, 9.17) is 4.74 Å². The first-order valence-corrected chi connectivity index (χ1v) is 6.29. The van der Waals surface area contributed by atoms with E-state index < -0.39 is 0 Å². The number of nitrogens with one attached hydrogen (secondary N) is 1. The summed E-state index contributed by atoms with van der Waals surface area (Å²) in [6.07, 6.45) is 2.20. The van der Waals surface area contributed by atoms with Gasteiger partial charge in [-0.15, -0.1) is 11.3 Å². The molecule has 2 rings (SSSR count). The van der Waals surface area contributed by atoms with Gasteiger partial charge in [0.05, 0.1) is 11.2 Å². The van der Waals surface area contributed by atoms with Crippen molar-refractivity contribution < 1.29 is 4.74 Å². The first-order valence-electron chi connectivity index (χ1n) is 5.41. The van der Waals surface area contributed by atoms with Crippen LogP contribution in [0.1, 0.15) is 30.3 Å². The van der Waals surface area contributed by atoms with E-state index in [2.05, 4.69) is 24.1 Å². The van der Waals surface area contributed by atoms with Gasteiger partial charge in [-0.1, -0.05) is 0 Å². The molecule has 0 aliphatic carbocycles. The maximum Gasteiger partial charge on any atom is 0.0798 e. The molecule has 1 aliphatic rings. The number of ether oxygens (including phenoxy) is 1. The average Bonchev–Trinajstić information content (AvgIpc) is 2.62. The molecule has 1 aromatic rings. The van der Waals surface area contributed by atoms with Crippen LogP contribution in [0.25, 0.3) is 0 Å². The Hall–Kier alpha value is -0.450. The second kappa shape index (κ2) is 4.60. The molecule has 0 unspecified atom stereocenters. The van der Waals surface area contributed by atoms with Gasteiger partial charge in [0.25, 0.3) is 0 Å². The third-order valence-corrected chi connectivity index (χ3v) is 4.05. The van der Waals surface area contributed by atoms with Crippen LogP contribution >= 0.6 is 11.3 Å². The Bertz CT molecular complexity index is 318. The van der Waals surface area contributed by atoms with Gasteiger partial charge in [-0.05, 0) is 26.7 Å². The molecule has 2 heterocycles. The zero-order chi connectivity index (χ0) is 10.7. The molecule has 15 heavy (non-hydrogen) atoms. The van der Waals surface area contributed by atoms with Gasteiger partial charge in [-0.2, -0.15) is 0 Å². The zero-order valence-corrected chi connectivity index (χ0v) is 10.2. The van der Waals surface area contributed by atoms with Crippen LogP contribution in [0.3, 0.4) is 0 Å². The summed E-state index contributed by atoms with van der Waals surface area (Å²) in [5.74, 6) is 0. The third kappa shape index (κ3) is 2.77. The van der Waals surface area contributed by atoms with E-state index in [1.54, 1.807) is 11.3 Å². The minimum atomic E-state index is 0.245. The Balaban J connectivity index is 1.89. The lowest BCUT2D eigenvalue weighted by Gasteiger charge is -2.34. The standard InChI is InChI=1S/C11H18N2OS/c1-9-10(15-8-12-9)7-13-11(2)3-5-14-6-4-11/h8,13H,3-7H2,1-2H3. The topological polar surface area (TPSA) is 34.2 Å². The van der Waals surface area contributed by atoms with Gasteiger partial charge in [0.15, 0.2) is 0 Å². The maximum atomic E-state index is 5.38. The normalized spacial score (nSPS) is 20.4. The van der Waals surface area contributed by atoms with Crippen LogP contribution in [0.15, 0.2) is 5.51 Å². The predicted octanol–water partition coefficient (Wildman–Crippen LogP) is 2.11. The van der Waals surface area contributed by atoms with Crippen molar-refractivity contribution >= 4 is 11.3 Å². The second-order valence-electron chi connectivity index (χ2n) is 4.39. The van der Waals surface area contributed by atoms with Gasteiger partial charge in [0.2, 0.25) is 0 Å². The molecule has 0 bridgehead atoms. The first-order chi connectivity index (χ1) is 7.20. The van der Waals surface area contributed by atoms with Crippen molar-refractivity contribution in [1.82, 2.24) is 10.3 Å². The Labute approximate surface area is 94.9 Å². The second-order valence-corrected chi connectivity index (χ2v) is 5.33. The molecule has 0 spiro atoms. The molecular weight excluding hydrogens is 208 g/mol. The molecular formula is C11H18N2OS. The molecule has 4 heteroatoms. The molecule has 0 radical (unpaired) electrons. The molecule has 3 nitrogen and oxygen atoms in total. The van der Waals surface area contributed by atoms with Crippen molar-refractivity contribution in [2.75, 3.05) is 13.2 Å².